The molecule has 0 fully saturated rings. The highest BCUT2D eigenvalue weighted by Gasteiger charge is 2.29. The Hall–Kier alpha value is -0.860. The Morgan fingerprint density at radius 2 is 2.06 bits per heavy atom. The average molecular weight is 218 g/mol. The standard InChI is InChI=1S/C14H22N2/c1-4-15-14-12-8-6-5-7-11(12)9-10-13(14)16(2)3/h5-8,13-15H,4,9-10H2,1-3H3. The zero-order valence-electron chi connectivity index (χ0n) is 10.5. The molecule has 0 saturated carbocycles. The molecule has 1 aliphatic carbocycles. The van der Waals surface area contributed by atoms with Gasteiger partial charge in [0.15, 0.2) is 0 Å². The van der Waals surface area contributed by atoms with Crippen LogP contribution in [0.4, 0.5) is 0 Å². The third-order valence-electron chi connectivity index (χ3n) is 3.57. The highest BCUT2D eigenvalue weighted by Crippen LogP contribution is 2.31. The molecule has 2 heteroatoms. The average Bonchev–Trinajstić information content (AvgIpc) is 2.29. The second-order valence-corrected chi connectivity index (χ2v) is 4.80. The van der Waals surface area contributed by atoms with E-state index in [2.05, 4.69) is 55.5 Å². The van der Waals surface area contributed by atoms with Gasteiger partial charge in [-0.1, -0.05) is 31.2 Å². The van der Waals surface area contributed by atoms with Crippen LogP contribution in [0.25, 0.3) is 0 Å². The second-order valence-electron chi connectivity index (χ2n) is 4.80. The molecule has 0 aliphatic heterocycles. The Kier molecular flexibility index (Phi) is 3.62. The van der Waals surface area contributed by atoms with Crippen molar-refractivity contribution in [2.24, 2.45) is 0 Å². The molecule has 2 nitrogen and oxygen atoms in total. The number of hydrogen-bond acceptors (Lipinski definition) is 2. The highest BCUT2D eigenvalue weighted by atomic mass is 15.1. The Morgan fingerprint density at radius 3 is 2.75 bits per heavy atom. The summed E-state index contributed by atoms with van der Waals surface area (Å²) < 4.78 is 0. The van der Waals surface area contributed by atoms with Crippen molar-refractivity contribution in [3.8, 4) is 0 Å². The minimum absolute atomic E-state index is 0.491. The number of nitrogens with one attached hydrogen (secondary N) is 1. The summed E-state index contributed by atoms with van der Waals surface area (Å²) in [6.45, 7) is 3.22. The van der Waals surface area contributed by atoms with Gasteiger partial charge in [0.05, 0.1) is 0 Å². The predicted molar refractivity (Wildman–Crippen MR) is 68.7 cm³/mol. The van der Waals surface area contributed by atoms with Gasteiger partial charge in [-0.05, 0) is 44.6 Å². The third kappa shape index (κ3) is 2.13. The van der Waals surface area contributed by atoms with Gasteiger partial charge in [0.2, 0.25) is 0 Å². The Labute approximate surface area is 98.7 Å². The van der Waals surface area contributed by atoms with E-state index in [1.165, 1.54) is 24.0 Å². The van der Waals surface area contributed by atoms with Crippen molar-refractivity contribution in [3.05, 3.63) is 35.4 Å². The molecule has 1 aliphatic rings. The number of rotatable bonds is 3. The van der Waals surface area contributed by atoms with Crippen LogP contribution < -0.4 is 5.32 Å². The molecule has 0 bridgehead atoms. The molecule has 16 heavy (non-hydrogen) atoms. The highest BCUT2D eigenvalue weighted by molar-refractivity contribution is 5.33. The van der Waals surface area contributed by atoms with Crippen molar-refractivity contribution in [2.75, 3.05) is 20.6 Å². The van der Waals surface area contributed by atoms with Crippen LogP contribution in [0.1, 0.15) is 30.5 Å². The molecule has 0 amide bonds. The molecular formula is C14H22N2. The van der Waals surface area contributed by atoms with E-state index in [1.54, 1.807) is 0 Å². The van der Waals surface area contributed by atoms with Crippen LogP contribution in [0.15, 0.2) is 24.3 Å². The normalized spacial score (nSPS) is 24.5. The lowest BCUT2D eigenvalue weighted by Crippen LogP contribution is -2.44. The van der Waals surface area contributed by atoms with Gasteiger partial charge >= 0.3 is 0 Å². The zero-order valence-corrected chi connectivity index (χ0v) is 10.5. The summed E-state index contributed by atoms with van der Waals surface area (Å²) in [5.41, 5.74) is 3.01. The minimum Gasteiger partial charge on any atom is -0.309 e. The van der Waals surface area contributed by atoms with Crippen LogP contribution in [0.5, 0.6) is 0 Å². The fourth-order valence-corrected chi connectivity index (χ4v) is 2.76. The summed E-state index contributed by atoms with van der Waals surface area (Å²) in [6, 6.07) is 9.96. The van der Waals surface area contributed by atoms with Gasteiger partial charge in [0.1, 0.15) is 0 Å². The molecule has 1 aromatic carbocycles. The van der Waals surface area contributed by atoms with Crippen LogP contribution in [-0.4, -0.2) is 31.6 Å². The minimum atomic E-state index is 0.491. The van der Waals surface area contributed by atoms with Crippen molar-refractivity contribution in [1.82, 2.24) is 10.2 Å². The maximum Gasteiger partial charge on any atom is 0.0480 e. The monoisotopic (exact) mass is 218 g/mol. The molecule has 0 aromatic heterocycles. The predicted octanol–water partition coefficient (Wildman–Crippen LogP) is 2.21. The number of fused-ring (bicyclic) bond motifs is 1. The first-order valence-electron chi connectivity index (χ1n) is 6.21. The first-order chi connectivity index (χ1) is 7.74. The van der Waals surface area contributed by atoms with Gasteiger partial charge < -0.3 is 10.2 Å². The second kappa shape index (κ2) is 4.98. The molecule has 88 valence electrons. The van der Waals surface area contributed by atoms with Crippen molar-refractivity contribution in [1.29, 1.82) is 0 Å². The van der Waals surface area contributed by atoms with E-state index in [9.17, 15) is 0 Å². The first-order valence-corrected chi connectivity index (χ1v) is 6.21. The summed E-state index contributed by atoms with van der Waals surface area (Å²) in [5.74, 6) is 0. The SMILES string of the molecule is CCNC1c2ccccc2CCC1N(C)C. The number of likely N-dealkylation sites (N-methyl/N-ethyl adjacent to an activating group) is 2. The van der Waals surface area contributed by atoms with E-state index in [0.717, 1.165) is 6.54 Å². The van der Waals surface area contributed by atoms with E-state index in [0.29, 0.717) is 12.1 Å². The third-order valence-corrected chi connectivity index (χ3v) is 3.57. The van der Waals surface area contributed by atoms with E-state index in [1.807, 2.05) is 0 Å². The van der Waals surface area contributed by atoms with Crippen LogP contribution in [0.2, 0.25) is 0 Å². The zero-order chi connectivity index (χ0) is 11.5. The smallest absolute Gasteiger partial charge is 0.0480 e. The molecule has 1 aromatic rings. The molecular weight excluding hydrogens is 196 g/mol. The largest absolute Gasteiger partial charge is 0.309 e. The lowest BCUT2D eigenvalue weighted by Gasteiger charge is -2.38. The van der Waals surface area contributed by atoms with Gasteiger partial charge in [-0.25, -0.2) is 0 Å². The van der Waals surface area contributed by atoms with Crippen molar-refractivity contribution in [2.45, 2.75) is 31.8 Å². The van der Waals surface area contributed by atoms with Crippen molar-refractivity contribution >= 4 is 0 Å². The molecule has 0 spiro atoms. The van der Waals surface area contributed by atoms with Gasteiger partial charge in [0.25, 0.3) is 0 Å². The number of hydrogen-bond donors (Lipinski definition) is 1. The maximum absolute atomic E-state index is 3.63. The number of benzene rings is 1. The van der Waals surface area contributed by atoms with Gasteiger partial charge in [-0.3, -0.25) is 0 Å². The van der Waals surface area contributed by atoms with E-state index in [4.69, 9.17) is 0 Å². The van der Waals surface area contributed by atoms with Crippen LogP contribution >= 0.6 is 0 Å². The van der Waals surface area contributed by atoms with Gasteiger partial charge in [-0.15, -0.1) is 0 Å². The molecule has 2 unspecified atom stereocenters. The summed E-state index contributed by atoms with van der Waals surface area (Å²) >= 11 is 0. The van der Waals surface area contributed by atoms with Gasteiger partial charge in [-0.2, -0.15) is 0 Å². The summed E-state index contributed by atoms with van der Waals surface area (Å²) in [6.07, 6.45) is 2.46. The fourth-order valence-electron chi connectivity index (χ4n) is 2.76. The Balaban J connectivity index is 2.31. The lowest BCUT2D eigenvalue weighted by atomic mass is 9.83. The van der Waals surface area contributed by atoms with Crippen LogP contribution in [0.3, 0.4) is 0 Å². The Morgan fingerprint density at radius 1 is 1.31 bits per heavy atom. The molecule has 2 rings (SSSR count). The maximum atomic E-state index is 3.63. The lowest BCUT2D eigenvalue weighted by molar-refractivity contribution is 0.208. The number of aryl methyl sites for hydroxylation is 1. The van der Waals surface area contributed by atoms with E-state index < -0.39 is 0 Å². The summed E-state index contributed by atoms with van der Waals surface area (Å²) in [4.78, 5) is 2.35. The molecule has 2 atom stereocenters. The summed E-state index contributed by atoms with van der Waals surface area (Å²) in [5, 5.41) is 3.63. The Bertz CT molecular complexity index is 346. The van der Waals surface area contributed by atoms with Crippen LogP contribution in [0, 0.1) is 0 Å². The molecule has 0 radical (unpaired) electrons. The van der Waals surface area contributed by atoms with Crippen molar-refractivity contribution < 1.29 is 0 Å². The molecule has 0 heterocycles. The van der Waals surface area contributed by atoms with E-state index in [-0.39, 0.29) is 0 Å². The fraction of sp³-hybridized carbons (Fsp3) is 0.571. The summed E-state index contributed by atoms with van der Waals surface area (Å²) in [7, 11) is 4.37. The number of nitrogens with zero attached hydrogens (tertiary/aromatic N) is 1. The topological polar surface area (TPSA) is 15.3 Å². The quantitative estimate of drug-likeness (QED) is 0.837. The first kappa shape index (κ1) is 11.6. The van der Waals surface area contributed by atoms with Crippen molar-refractivity contribution in [3.63, 3.8) is 0 Å². The van der Waals surface area contributed by atoms with E-state index >= 15 is 0 Å². The van der Waals surface area contributed by atoms with Gasteiger partial charge in [0, 0.05) is 12.1 Å². The van der Waals surface area contributed by atoms with Crippen LogP contribution in [-0.2, 0) is 6.42 Å². The molecule has 1 N–H and O–H groups in total. The molecule has 0 saturated heterocycles.